The van der Waals surface area contributed by atoms with Crippen LogP contribution in [0.5, 0.6) is 0 Å². The maximum atomic E-state index is 9.74. The molecule has 0 amide bonds. The van der Waals surface area contributed by atoms with E-state index in [2.05, 4.69) is 0 Å². The molecule has 0 saturated carbocycles. The van der Waals surface area contributed by atoms with Gasteiger partial charge in [0.25, 0.3) is 0 Å². The number of aryl methyl sites for hydroxylation is 1. The summed E-state index contributed by atoms with van der Waals surface area (Å²) in [6.07, 6.45) is 0.313. The molecule has 12 heavy (non-hydrogen) atoms. The van der Waals surface area contributed by atoms with E-state index < -0.39 is 6.10 Å². The van der Waals surface area contributed by atoms with Gasteiger partial charge in [0, 0.05) is 10.9 Å². The summed E-state index contributed by atoms with van der Waals surface area (Å²) in [5.74, 6) is 0. The normalized spacial score (nSPS) is 16.0. The zero-order chi connectivity index (χ0) is 9.14. The molecule has 1 aromatic rings. The number of thiophene rings is 1. The summed E-state index contributed by atoms with van der Waals surface area (Å²) in [6.45, 7) is 3.98. The highest BCUT2D eigenvalue weighted by Crippen LogP contribution is 2.26. The second kappa shape index (κ2) is 4.03. The van der Waals surface area contributed by atoms with Crippen molar-refractivity contribution in [3.05, 3.63) is 21.9 Å². The van der Waals surface area contributed by atoms with Crippen molar-refractivity contribution in [3.63, 3.8) is 0 Å². The van der Waals surface area contributed by atoms with Gasteiger partial charge in [0.1, 0.15) is 6.10 Å². The average Bonchev–Trinajstić information content (AvgIpc) is 2.48. The Bertz CT molecular complexity index is 246. The third kappa shape index (κ3) is 1.86. The first-order valence-electron chi connectivity index (χ1n) is 4.14. The van der Waals surface area contributed by atoms with E-state index in [0.717, 1.165) is 16.9 Å². The molecule has 3 N–H and O–H groups in total. The highest BCUT2D eigenvalue weighted by Gasteiger charge is 2.17. The average molecular weight is 185 g/mol. The molecule has 68 valence electrons. The number of hydrogen-bond donors (Lipinski definition) is 2. The van der Waals surface area contributed by atoms with Crippen LogP contribution in [-0.2, 0) is 0 Å². The van der Waals surface area contributed by atoms with Crippen LogP contribution in [0.3, 0.4) is 0 Å². The van der Waals surface area contributed by atoms with Crippen LogP contribution >= 0.6 is 11.3 Å². The molecule has 0 aliphatic rings. The SMILES string of the molecule is CC[C@H](N)[C@@H](O)c1sccc1C. The van der Waals surface area contributed by atoms with Gasteiger partial charge >= 0.3 is 0 Å². The molecule has 1 aromatic heterocycles. The molecule has 2 nitrogen and oxygen atoms in total. The summed E-state index contributed by atoms with van der Waals surface area (Å²) in [5, 5.41) is 11.7. The summed E-state index contributed by atoms with van der Waals surface area (Å²) in [4.78, 5) is 1.00. The van der Waals surface area contributed by atoms with Crippen LogP contribution in [0, 0.1) is 6.92 Å². The molecule has 0 saturated heterocycles. The van der Waals surface area contributed by atoms with Crippen LogP contribution in [0.25, 0.3) is 0 Å². The highest BCUT2D eigenvalue weighted by molar-refractivity contribution is 7.10. The predicted molar refractivity (Wildman–Crippen MR) is 52.3 cm³/mol. The van der Waals surface area contributed by atoms with Crippen LogP contribution in [0.15, 0.2) is 11.4 Å². The van der Waals surface area contributed by atoms with Crippen LogP contribution in [0.4, 0.5) is 0 Å². The summed E-state index contributed by atoms with van der Waals surface area (Å²) >= 11 is 1.57. The lowest BCUT2D eigenvalue weighted by atomic mass is 10.1. The Kier molecular flexibility index (Phi) is 3.26. The van der Waals surface area contributed by atoms with E-state index in [4.69, 9.17) is 5.73 Å². The Morgan fingerprint density at radius 3 is 2.75 bits per heavy atom. The largest absolute Gasteiger partial charge is 0.386 e. The van der Waals surface area contributed by atoms with Gasteiger partial charge in [0.15, 0.2) is 0 Å². The molecule has 3 heteroatoms. The van der Waals surface area contributed by atoms with Gasteiger partial charge in [-0.05, 0) is 30.4 Å². The Morgan fingerprint density at radius 1 is 1.67 bits per heavy atom. The standard InChI is InChI=1S/C9H15NOS/c1-3-7(10)8(11)9-6(2)4-5-12-9/h4-5,7-8,11H,3,10H2,1-2H3/t7-,8+/m0/s1. The van der Waals surface area contributed by atoms with E-state index >= 15 is 0 Å². The van der Waals surface area contributed by atoms with Gasteiger partial charge in [0.2, 0.25) is 0 Å². The summed E-state index contributed by atoms with van der Waals surface area (Å²) < 4.78 is 0. The molecule has 0 aliphatic heterocycles. The van der Waals surface area contributed by atoms with E-state index in [9.17, 15) is 5.11 Å². The van der Waals surface area contributed by atoms with Crippen molar-refractivity contribution in [2.24, 2.45) is 5.73 Å². The van der Waals surface area contributed by atoms with Gasteiger partial charge < -0.3 is 10.8 Å². The fourth-order valence-electron chi connectivity index (χ4n) is 1.11. The van der Waals surface area contributed by atoms with Gasteiger partial charge in [-0.1, -0.05) is 6.92 Å². The second-order valence-electron chi connectivity index (χ2n) is 2.98. The molecule has 0 aliphatic carbocycles. The lowest BCUT2D eigenvalue weighted by molar-refractivity contribution is 0.147. The summed E-state index contributed by atoms with van der Waals surface area (Å²) in [6, 6.07) is 1.87. The molecule has 0 radical (unpaired) electrons. The molecule has 1 rings (SSSR count). The third-order valence-electron chi connectivity index (χ3n) is 2.05. The van der Waals surface area contributed by atoms with Crippen LogP contribution in [0.2, 0.25) is 0 Å². The van der Waals surface area contributed by atoms with Crippen molar-refractivity contribution in [1.29, 1.82) is 0 Å². The van der Waals surface area contributed by atoms with Gasteiger partial charge in [-0.15, -0.1) is 11.3 Å². The summed E-state index contributed by atoms with van der Waals surface area (Å²) in [7, 11) is 0. The number of rotatable bonds is 3. The van der Waals surface area contributed by atoms with E-state index in [0.29, 0.717) is 0 Å². The Morgan fingerprint density at radius 2 is 2.33 bits per heavy atom. The van der Waals surface area contributed by atoms with E-state index in [-0.39, 0.29) is 6.04 Å². The molecular formula is C9H15NOS. The monoisotopic (exact) mass is 185 g/mol. The number of aliphatic hydroxyl groups excluding tert-OH is 1. The number of nitrogens with two attached hydrogens (primary N) is 1. The zero-order valence-corrected chi connectivity index (χ0v) is 8.27. The topological polar surface area (TPSA) is 46.2 Å². The molecule has 0 fully saturated rings. The molecule has 2 atom stereocenters. The molecule has 1 heterocycles. The van der Waals surface area contributed by atoms with Crippen LogP contribution in [-0.4, -0.2) is 11.1 Å². The minimum atomic E-state index is -0.491. The zero-order valence-electron chi connectivity index (χ0n) is 7.45. The lowest BCUT2D eigenvalue weighted by Crippen LogP contribution is -2.27. The smallest absolute Gasteiger partial charge is 0.103 e. The molecule has 0 spiro atoms. The minimum absolute atomic E-state index is 0.137. The van der Waals surface area contributed by atoms with Crippen molar-refractivity contribution in [1.82, 2.24) is 0 Å². The van der Waals surface area contributed by atoms with E-state index in [1.165, 1.54) is 0 Å². The lowest BCUT2D eigenvalue weighted by Gasteiger charge is -2.16. The molecular weight excluding hydrogens is 170 g/mol. The molecule has 0 bridgehead atoms. The molecule has 0 unspecified atom stereocenters. The van der Waals surface area contributed by atoms with E-state index in [1.807, 2.05) is 25.3 Å². The van der Waals surface area contributed by atoms with E-state index in [1.54, 1.807) is 11.3 Å². The summed E-state index contributed by atoms with van der Waals surface area (Å²) in [5.41, 5.74) is 6.87. The Balaban J connectivity index is 2.77. The maximum Gasteiger partial charge on any atom is 0.103 e. The van der Waals surface area contributed by atoms with Crippen LogP contribution in [0.1, 0.15) is 29.9 Å². The van der Waals surface area contributed by atoms with Gasteiger partial charge in [-0.2, -0.15) is 0 Å². The van der Waals surface area contributed by atoms with Crippen LogP contribution < -0.4 is 5.73 Å². The highest BCUT2D eigenvalue weighted by atomic mass is 32.1. The molecule has 0 aromatic carbocycles. The van der Waals surface area contributed by atoms with Gasteiger partial charge in [-0.25, -0.2) is 0 Å². The first-order chi connectivity index (χ1) is 5.66. The number of aliphatic hydroxyl groups is 1. The van der Waals surface area contributed by atoms with Crippen molar-refractivity contribution in [2.45, 2.75) is 32.4 Å². The van der Waals surface area contributed by atoms with Crippen molar-refractivity contribution in [2.75, 3.05) is 0 Å². The fraction of sp³-hybridized carbons (Fsp3) is 0.556. The van der Waals surface area contributed by atoms with Crippen molar-refractivity contribution in [3.8, 4) is 0 Å². The first-order valence-corrected chi connectivity index (χ1v) is 5.02. The predicted octanol–water partition coefficient (Wildman–Crippen LogP) is 1.83. The Hall–Kier alpha value is -0.380. The van der Waals surface area contributed by atoms with Gasteiger partial charge in [0.05, 0.1) is 0 Å². The fourth-order valence-corrected chi connectivity index (χ4v) is 2.09. The maximum absolute atomic E-state index is 9.74. The number of hydrogen-bond acceptors (Lipinski definition) is 3. The Labute approximate surface area is 77.0 Å². The van der Waals surface area contributed by atoms with Crippen molar-refractivity contribution >= 4 is 11.3 Å². The third-order valence-corrected chi connectivity index (χ3v) is 3.14. The minimum Gasteiger partial charge on any atom is -0.386 e. The second-order valence-corrected chi connectivity index (χ2v) is 3.93. The first kappa shape index (κ1) is 9.71. The quantitative estimate of drug-likeness (QED) is 0.754. The van der Waals surface area contributed by atoms with Crippen molar-refractivity contribution < 1.29 is 5.11 Å². The van der Waals surface area contributed by atoms with Gasteiger partial charge in [-0.3, -0.25) is 0 Å².